The van der Waals surface area contributed by atoms with E-state index < -0.39 is 5.97 Å². The third kappa shape index (κ3) is 4.34. The third-order valence-corrected chi connectivity index (χ3v) is 4.87. The monoisotopic (exact) mass is 419 g/mol. The van der Waals surface area contributed by atoms with Crippen LogP contribution in [0.4, 0.5) is 0 Å². The summed E-state index contributed by atoms with van der Waals surface area (Å²) in [5.41, 5.74) is 2.51. The van der Waals surface area contributed by atoms with E-state index in [0.29, 0.717) is 36.6 Å². The molecule has 0 amide bonds. The van der Waals surface area contributed by atoms with Crippen LogP contribution in [0.2, 0.25) is 0 Å². The molecule has 0 bridgehead atoms. The standard InChI is InChI=1S/C23H21N3O5/c1-30-12-11-18-21(24-20-13-19(23(28)29)25-26(20)22(18)27)16-7-9-17(10-8-16)31-14-15-5-3-2-4-6-15/h2-10,13,25H,11-12,14H2,1H3,(H,28,29). The number of carboxylic acid groups (broad SMARTS) is 1. The maximum atomic E-state index is 13.0. The number of aromatic carboxylic acids is 1. The number of ether oxygens (including phenoxy) is 2. The number of benzene rings is 2. The molecule has 0 fully saturated rings. The van der Waals surface area contributed by atoms with E-state index in [1.165, 1.54) is 6.07 Å². The molecule has 8 heteroatoms. The van der Waals surface area contributed by atoms with Gasteiger partial charge in [0.2, 0.25) is 0 Å². The Labute approximate surface area is 177 Å². The second kappa shape index (κ2) is 8.85. The Morgan fingerprint density at radius 1 is 1.13 bits per heavy atom. The van der Waals surface area contributed by atoms with Gasteiger partial charge in [0, 0.05) is 30.7 Å². The van der Waals surface area contributed by atoms with Gasteiger partial charge in [0.05, 0.1) is 12.3 Å². The van der Waals surface area contributed by atoms with Crippen molar-refractivity contribution in [1.29, 1.82) is 0 Å². The number of nitrogens with one attached hydrogen (secondary N) is 1. The van der Waals surface area contributed by atoms with Gasteiger partial charge in [-0.25, -0.2) is 14.3 Å². The lowest BCUT2D eigenvalue weighted by Gasteiger charge is -2.10. The molecular weight excluding hydrogens is 398 g/mol. The second-order valence-corrected chi connectivity index (χ2v) is 6.95. The van der Waals surface area contributed by atoms with Crippen LogP contribution in [0, 0.1) is 0 Å². The number of rotatable bonds is 8. The van der Waals surface area contributed by atoms with Crippen molar-refractivity contribution in [3.05, 3.63) is 87.8 Å². The SMILES string of the molecule is COCCc1c(-c2ccc(OCc3ccccc3)cc2)nc2cc(C(=O)O)[nH]n2c1=O. The first-order valence-corrected chi connectivity index (χ1v) is 9.71. The molecule has 0 atom stereocenters. The zero-order valence-corrected chi connectivity index (χ0v) is 16.9. The van der Waals surface area contributed by atoms with E-state index >= 15 is 0 Å². The summed E-state index contributed by atoms with van der Waals surface area (Å²) in [5.74, 6) is -0.469. The number of nitrogens with zero attached hydrogens (tertiary/aromatic N) is 2. The van der Waals surface area contributed by atoms with E-state index in [9.17, 15) is 14.7 Å². The molecule has 0 aliphatic carbocycles. The summed E-state index contributed by atoms with van der Waals surface area (Å²) >= 11 is 0. The van der Waals surface area contributed by atoms with Crippen molar-refractivity contribution < 1.29 is 19.4 Å². The van der Waals surface area contributed by atoms with Gasteiger partial charge >= 0.3 is 5.97 Å². The molecule has 0 unspecified atom stereocenters. The molecular formula is C23H21N3O5. The van der Waals surface area contributed by atoms with Crippen molar-refractivity contribution >= 4 is 11.6 Å². The molecule has 0 saturated heterocycles. The number of hydrogen-bond acceptors (Lipinski definition) is 5. The van der Waals surface area contributed by atoms with E-state index in [4.69, 9.17) is 9.47 Å². The smallest absolute Gasteiger partial charge is 0.353 e. The molecule has 0 saturated carbocycles. The zero-order chi connectivity index (χ0) is 21.8. The van der Waals surface area contributed by atoms with Gasteiger partial charge < -0.3 is 14.6 Å². The molecule has 4 rings (SSSR count). The lowest BCUT2D eigenvalue weighted by atomic mass is 10.0. The molecule has 2 N–H and O–H groups in total. The van der Waals surface area contributed by atoms with Crippen LogP contribution in [-0.2, 0) is 17.8 Å². The van der Waals surface area contributed by atoms with Gasteiger partial charge in [-0.1, -0.05) is 30.3 Å². The van der Waals surface area contributed by atoms with E-state index in [0.717, 1.165) is 15.6 Å². The van der Waals surface area contributed by atoms with Crippen molar-refractivity contribution in [2.45, 2.75) is 13.0 Å². The first-order valence-electron chi connectivity index (χ1n) is 9.71. The Bertz CT molecular complexity index is 1260. The summed E-state index contributed by atoms with van der Waals surface area (Å²) < 4.78 is 12.1. The first kappa shape index (κ1) is 20.4. The molecule has 0 aliphatic heterocycles. The third-order valence-electron chi connectivity index (χ3n) is 4.87. The Hall–Kier alpha value is -3.91. The van der Waals surface area contributed by atoms with Crippen molar-refractivity contribution in [2.75, 3.05) is 13.7 Å². The van der Waals surface area contributed by atoms with Crippen LogP contribution >= 0.6 is 0 Å². The number of hydrogen-bond donors (Lipinski definition) is 2. The van der Waals surface area contributed by atoms with E-state index in [1.807, 2.05) is 54.6 Å². The Kier molecular flexibility index (Phi) is 5.81. The second-order valence-electron chi connectivity index (χ2n) is 6.95. The fourth-order valence-corrected chi connectivity index (χ4v) is 3.29. The summed E-state index contributed by atoms with van der Waals surface area (Å²) in [7, 11) is 1.55. The van der Waals surface area contributed by atoms with Crippen LogP contribution in [0.15, 0.2) is 65.5 Å². The average Bonchev–Trinajstić information content (AvgIpc) is 3.23. The molecule has 2 aromatic carbocycles. The minimum Gasteiger partial charge on any atom is -0.489 e. The molecule has 2 aromatic heterocycles. The van der Waals surface area contributed by atoms with Crippen LogP contribution in [0.1, 0.15) is 21.6 Å². The van der Waals surface area contributed by atoms with Gasteiger partial charge in [0.15, 0.2) is 5.65 Å². The van der Waals surface area contributed by atoms with Crippen LogP contribution in [0.25, 0.3) is 16.9 Å². The molecule has 0 aliphatic rings. The summed E-state index contributed by atoms with van der Waals surface area (Å²) in [5, 5.41) is 11.8. The fraction of sp³-hybridized carbons (Fsp3) is 0.174. The van der Waals surface area contributed by atoms with Crippen LogP contribution in [0.3, 0.4) is 0 Å². The van der Waals surface area contributed by atoms with E-state index in [-0.39, 0.29) is 16.9 Å². The maximum Gasteiger partial charge on any atom is 0.353 e. The number of H-pyrrole nitrogens is 1. The number of carbonyl (C=O) groups is 1. The van der Waals surface area contributed by atoms with Gasteiger partial charge in [-0.05, 0) is 29.8 Å². The molecule has 4 aromatic rings. The highest BCUT2D eigenvalue weighted by Gasteiger charge is 2.18. The zero-order valence-electron chi connectivity index (χ0n) is 16.9. The Morgan fingerprint density at radius 3 is 2.55 bits per heavy atom. The van der Waals surface area contributed by atoms with Gasteiger partial charge in [-0.2, -0.15) is 0 Å². The predicted molar refractivity (Wildman–Crippen MR) is 115 cm³/mol. The number of aromatic amines is 1. The molecule has 2 heterocycles. The topological polar surface area (TPSA) is 106 Å². The number of aromatic nitrogens is 3. The number of fused-ring (bicyclic) bond motifs is 1. The molecule has 31 heavy (non-hydrogen) atoms. The van der Waals surface area contributed by atoms with Crippen molar-refractivity contribution in [3.63, 3.8) is 0 Å². The quantitative estimate of drug-likeness (QED) is 0.454. The Morgan fingerprint density at radius 2 is 1.87 bits per heavy atom. The van der Waals surface area contributed by atoms with Crippen molar-refractivity contribution in [1.82, 2.24) is 14.6 Å². The van der Waals surface area contributed by atoms with Gasteiger partial charge in [0.25, 0.3) is 5.56 Å². The van der Waals surface area contributed by atoms with E-state index in [2.05, 4.69) is 10.1 Å². The predicted octanol–water partition coefficient (Wildman–Crippen LogP) is 3.16. The number of carboxylic acids is 1. The minimum atomic E-state index is -1.16. The highest BCUT2D eigenvalue weighted by molar-refractivity contribution is 5.86. The summed E-state index contributed by atoms with van der Waals surface area (Å²) in [6.45, 7) is 0.785. The summed E-state index contributed by atoms with van der Waals surface area (Å²) in [6.07, 6.45) is 0.342. The molecule has 8 nitrogen and oxygen atoms in total. The summed E-state index contributed by atoms with van der Waals surface area (Å²) in [6, 6.07) is 18.5. The molecule has 158 valence electrons. The number of methoxy groups -OCH3 is 1. The van der Waals surface area contributed by atoms with Gasteiger partial charge in [-0.3, -0.25) is 9.89 Å². The maximum absolute atomic E-state index is 13.0. The van der Waals surface area contributed by atoms with Crippen LogP contribution < -0.4 is 10.3 Å². The van der Waals surface area contributed by atoms with Crippen molar-refractivity contribution in [2.24, 2.45) is 0 Å². The lowest BCUT2D eigenvalue weighted by Crippen LogP contribution is -2.23. The van der Waals surface area contributed by atoms with Gasteiger partial charge in [-0.15, -0.1) is 0 Å². The van der Waals surface area contributed by atoms with Gasteiger partial charge in [0.1, 0.15) is 18.1 Å². The fourth-order valence-electron chi connectivity index (χ4n) is 3.29. The van der Waals surface area contributed by atoms with Crippen LogP contribution in [-0.4, -0.2) is 39.4 Å². The molecule has 0 radical (unpaired) electrons. The normalized spacial score (nSPS) is 11.0. The average molecular weight is 419 g/mol. The summed E-state index contributed by atoms with van der Waals surface area (Å²) in [4.78, 5) is 28.9. The van der Waals surface area contributed by atoms with E-state index in [1.54, 1.807) is 7.11 Å². The highest BCUT2D eigenvalue weighted by atomic mass is 16.5. The molecule has 0 spiro atoms. The largest absolute Gasteiger partial charge is 0.489 e. The first-order chi connectivity index (χ1) is 15.1. The minimum absolute atomic E-state index is 0.107. The lowest BCUT2D eigenvalue weighted by molar-refractivity contribution is 0.0690. The highest BCUT2D eigenvalue weighted by Crippen LogP contribution is 2.24. The van der Waals surface area contributed by atoms with Crippen molar-refractivity contribution in [3.8, 4) is 17.0 Å². The van der Waals surface area contributed by atoms with Crippen LogP contribution in [0.5, 0.6) is 5.75 Å². The Balaban J connectivity index is 1.68.